The predicted octanol–water partition coefficient (Wildman–Crippen LogP) is 3.31. The Hall–Kier alpha value is -0.900. The first-order valence-electron chi connectivity index (χ1n) is 6.60. The molecule has 0 fully saturated rings. The third-order valence-corrected chi connectivity index (χ3v) is 4.25. The molecule has 0 bridgehead atoms. The monoisotopic (exact) mass is 268 g/mol. The number of aromatic nitrogens is 1. The van der Waals surface area contributed by atoms with E-state index in [4.69, 9.17) is 0 Å². The molecule has 1 unspecified atom stereocenters. The molecular weight excluding hydrogens is 244 g/mol. The van der Waals surface area contributed by atoms with Crippen LogP contribution >= 0.6 is 11.3 Å². The van der Waals surface area contributed by atoms with Crippen LogP contribution in [0, 0.1) is 5.92 Å². The summed E-state index contributed by atoms with van der Waals surface area (Å²) < 4.78 is 0. The maximum absolute atomic E-state index is 11.7. The summed E-state index contributed by atoms with van der Waals surface area (Å²) in [5, 5.41) is 3.33. The smallest absolute Gasteiger partial charge is 0.222 e. The second-order valence-electron chi connectivity index (χ2n) is 5.21. The van der Waals surface area contributed by atoms with E-state index >= 15 is 0 Å². The fourth-order valence-corrected chi connectivity index (χ4v) is 3.11. The largest absolute Gasteiger partial charge is 0.349 e. The Morgan fingerprint density at radius 3 is 2.56 bits per heavy atom. The normalized spacial score (nSPS) is 12.8. The molecule has 1 rings (SSSR count). The van der Waals surface area contributed by atoms with Gasteiger partial charge in [0.2, 0.25) is 5.91 Å². The van der Waals surface area contributed by atoms with Gasteiger partial charge in [-0.25, -0.2) is 4.98 Å². The van der Waals surface area contributed by atoms with Crippen molar-refractivity contribution in [2.75, 3.05) is 14.1 Å². The van der Waals surface area contributed by atoms with E-state index in [1.807, 2.05) is 14.1 Å². The first-order valence-corrected chi connectivity index (χ1v) is 7.48. The minimum absolute atomic E-state index is 0.202. The number of amides is 1. The molecule has 0 aliphatic carbocycles. The molecule has 0 aliphatic rings. The van der Waals surface area contributed by atoms with Gasteiger partial charge in [0.25, 0.3) is 0 Å². The van der Waals surface area contributed by atoms with Crippen molar-refractivity contribution in [2.45, 2.75) is 46.0 Å². The van der Waals surface area contributed by atoms with Crippen molar-refractivity contribution in [1.29, 1.82) is 0 Å². The average Bonchev–Trinajstić information content (AvgIpc) is 2.77. The lowest BCUT2D eigenvalue weighted by molar-refractivity contribution is -0.128. The van der Waals surface area contributed by atoms with Crippen LogP contribution in [0.2, 0.25) is 0 Å². The van der Waals surface area contributed by atoms with Gasteiger partial charge in [0.15, 0.2) is 0 Å². The maximum atomic E-state index is 11.7. The summed E-state index contributed by atoms with van der Waals surface area (Å²) in [7, 11) is 3.62. The lowest BCUT2D eigenvalue weighted by atomic mass is 9.91. The highest BCUT2D eigenvalue weighted by atomic mass is 32.1. The van der Waals surface area contributed by atoms with Crippen molar-refractivity contribution in [2.24, 2.45) is 5.92 Å². The minimum Gasteiger partial charge on any atom is -0.349 e. The Labute approximate surface area is 114 Å². The fourth-order valence-electron chi connectivity index (χ4n) is 1.90. The minimum atomic E-state index is 0.202. The van der Waals surface area contributed by atoms with Gasteiger partial charge < -0.3 is 4.90 Å². The molecular formula is C14H24N2OS. The van der Waals surface area contributed by atoms with Gasteiger partial charge in [-0.3, -0.25) is 4.79 Å². The molecule has 0 aromatic carbocycles. The first-order chi connectivity index (χ1) is 8.45. The van der Waals surface area contributed by atoms with Crippen LogP contribution in [0.5, 0.6) is 0 Å². The Balaban J connectivity index is 2.68. The Morgan fingerprint density at radius 2 is 2.11 bits per heavy atom. The zero-order valence-corrected chi connectivity index (χ0v) is 12.9. The average molecular weight is 268 g/mol. The van der Waals surface area contributed by atoms with Crippen LogP contribution in [0.3, 0.4) is 0 Å². The second kappa shape index (κ2) is 6.88. The lowest BCUT2D eigenvalue weighted by Gasteiger charge is -2.19. The number of aryl methyl sites for hydroxylation is 1. The van der Waals surface area contributed by atoms with Crippen LogP contribution in [0.1, 0.15) is 50.2 Å². The number of thiazole rings is 1. The van der Waals surface area contributed by atoms with Crippen molar-refractivity contribution in [3.63, 3.8) is 0 Å². The highest BCUT2D eigenvalue weighted by molar-refractivity contribution is 7.09. The SMILES string of the molecule is CCc1csc(C(CCC(=O)N(C)C)C(C)C)n1. The molecule has 1 heterocycles. The second-order valence-corrected chi connectivity index (χ2v) is 6.10. The zero-order valence-electron chi connectivity index (χ0n) is 12.1. The summed E-state index contributed by atoms with van der Waals surface area (Å²) in [5.41, 5.74) is 1.17. The molecule has 1 atom stereocenters. The molecule has 4 heteroatoms. The van der Waals surface area contributed by atoms with E-state index in [0.717, 1.165) is 12.8 Å². The van der Waals surface area contributed by atoms with E-state index < -0.39 is 0 Å². The number of nitrogens with zero attached hydrogens (tertiary/aromatic N) is 2. The molecule has 1 amide bonds. The molecule has 18 heavy (non-hydrogen) atoms. The summed E-state index contributed by atoms with van der Waals surface area (Å²) in [5.74, 6) is 1.13. The molecule has 0 spiro atoms. The number of carbonyl (C=O) groups is 1. The topological polar surface area (TPSA) is 33.2 Å². The summed E-state index contributed by atoms with van der Waals surface area (Å²) >= 11 is 1.73. The zero-order chi connectivity index (χ0) is 13.7. The van der Waals surface area contributed by atoms with E-state index in [1.165, 1.54) is 10.7 Å². The van der Waals surface area contributed by atoms with Crippen molar-refractivity contribution >= 4 is 17.2 Å². The van der Waals surface area contributed by atoms with Gasteiger partial charge in [-0.1, -0.05) is 20.8 Å². The summed E-state index contributed by atoms with van der Waals surface area (Å²) in [6.07, 6.45) is 2.49. The lowest BCUT2D eigenvalue weighted by Crippen LogP contribution is -2.22. The van der Waals surface area contributed by atoms with Crippen molar-refractivity contribution in [3.05, 3.63) is 16.1 Å². The third kappa shape index (κ3) is 4.09. The van der Waals surface area contributed by atoms with Crippen LogP contribution in [-0.4, -0.2) is 29.9 Å². The fraction of sp³-hybridized carbons (Fsp3) is 0.714. The van der Waals surface area contributed by atoms with E-state index in [0.29, 0.717) is 18.3 Å². The number of hydrogen-bond donors (Lipinski definition) is 0. The van der Waals surface area contributed by atoms with Gasteiger partial charge >= 0.3 is 0 Å². The third-order valence-electron chi connectivity index (χ3n) is 3.22. The molecule has 102 valence electrons. The first kappa shape index (κ1) is 15.2. The Kier molecular flexibility index (Phi) is 5.79. The van der Waals surface area contributed by atoms with Crippen LogP contribution < -0.4 is 0 Å². The number of hydrogen-bond acceptors (Lipinski definition) is 3. The van der Waals surface area contributed by atoms with E-state index in [2.05, 4.69) is 31.1 Å². The van der Waals surface area contributed by atoms with Crippen LogP contribution in [0.15, 0.2) is 5.38 Å². The molecule has 1 aromatic heterocycles. The number of carbonyl (C=O) groups excluding carboxylic acids is 1. The van der Waals surface area contributed by atoms with Gasteiger partial charge in [-0.2, -0.15) is 0 Å². The molecule has 0 aliphatic heterocycles. The van der Waals surface area contributed by atoms with Crippen molar-refractivity contribution in [1.82, 2.24) is 9.88 Å². The Bertz CT molecular complexity index is 385. The Morgan fingerprint density at radius 1 is 1.44 bits per heavy atom. The quantitative estimate of drug-likeness (QED) is 0.793. The van der Waals surface area contributed by atoms with Gasteiger partial charge in [-0.05, 0) is 18.8 Å². The highest BCUT2D eigenvalue weighted by Gasteiger charge is 2.20. The predicted molar refractivity (Wildman–Crippen MR) is 77.0 cm³/mol. The summed E-state index contributed by atoms with van der Waals surface area (Å²) in [6.45, 7) is 6.54. The van der Waals surface area contributed by atoms with Gasteiger partial charge in [0, 0.05) is 31.8 Å². The molecule has 0 saturated heterocycles. The van der Waals surface area contributed by atoms with Crippen molar-refractivity contribution < 1.29 is 4.79 Å². The van der Waals surface area contributed by atoms with Crippen LogP contribution in [0.4, 0.5) is 0 Å². The van der Waals surface area contributed by atoms with Crippen LogP contribution in [0.25, 0.3) is 0 Å². The van der Waals surface area contributed by atoms with E-state index in [1.54, 1.807) is 16.2 Å². The van der Waals surface area contributed by atoms with Crippen LogP contribution in [-0.2, 0) is 11.2 Å². The van der Waals surface area contributed by atoms with E-state index in [-0.39, 0.29) is 5.91 Å². The highest BCUT2D eigenvalue weighted by Crippen LogP contribution is 2.31. The van der Waals surface area contributed by atoms with Gasteiger partial charge in [-0.15, -0.1) is 11.3 Å². The van der Waals surface area contributed by atoms with Gasteiger partial charge in [0.05, 0.1) is 10.7 Å². The number of rotatable bonds is 6. The summed E-state index contributed by atoms with van der Waals surface area (Å²) in [6, 6.07) is 0. The van der Waals surface area contributed by atoms with Crippen molar-refractivity contribution in [3.8, 4) is 0 Å². The van der Waals surface area contributed by atoms with Gasteiger partial charge in [0.1, 0.15) is 0 Å². The molecule has 0 N–H and O–H groups in total. The standard InChI is InChI=1S/C14H24N2OS/c1-6-11-9-18-14(15-11)12(10(2)3)7-8-13(17)16(4)5/h9-10,12H,6-8H2,1-5H3. The molecule has 1 aromatic rings. The maximum Gasteiger partial charge on any atom is 0.222 e. The summed E-state index contributed by atoms with van der Waals surface area (Å²) in [4.78, 5) is 18.0. The molecule has 0 radical (unpaired) electrons. The molecule has 3 nitrogen and oxygen atoms in total. The van der Waals surface area contributed by atoms with E-state index in [9.17, 15) is 4.79 Å². The molecule has 0 saturated carbocycles.